The molecule has 26 heavy (non-hydrogen) atoms. The molecule has 0 saturated carbocycles. The second kappa shape index (κ2) is 8.69. The summed E-state index contributed by atoms with van der Waals surface area (Å²) in [6, 6.07) is 9.61. The molecule has 0 radical (unpaired) electrons. The number of amides is 1. The number of carbonyl (C=O) groups is 1. The molecule has 1 aromatic carbocycles. The Labute approximate surface area is 160 Å². The number of nitrogens with one attached hydrogen (secondary N) is 1. The molecule has 1 aromatic heterocycles. The minimum Gasteiger partial charge on any atom is -0.352 e. The summed E-state index contributed by atoms with van der Waals surface area (Å²) in [5.41, 5.74) is 1.94. The maximum absolute atomic E-state index is 12.7. The smallest absolute Gasteiger partial charge is 0.256 e. The number of halogens is 1. The number of carbonyl (C=O) groups excluding carboxylic acids is 1. The lowest BCUT2D eigenvalue weighted by Crippen LogP contribution is -2.38. The summed E-state index contributed by atoms with van der Waals surface area (Å²) in [5, 5.41) is 7.83. The number of benzene rings is 1. The number of rotatable bonds is 6. The molecule has 1 aliphatic heterocycles. The normalized spacial score (nSPS) is 16.4. The van der Waals surface area contributed by atoms with Gasteiger partial charge in [-0.05, 0) is 50.9 Å². The molecule has 2 heterocycles. The first kappa shape index (κ1) is 18.9. The Balaban J connectivity index is 1.62. The van der Waals surface area contributed by atoms with Crippen LogP contribution in [0, 0.1) is 12.8 Å². The van der Waals surface area contributed by atoms with Crippen molar-refractivity contribution in [1.29, 1.82) is 0 Å². The molecule has 1 saturated heterocycles. The molecule has 0 spiro atoms. The third kappa shape index (κ3) is 4.46. The molecule has 140 valence electrons. The van der Waals surface area contributed by atoms with Crippen molar-refractivity contribution in [2.24, 2.45) is 5.92 Å². The molecular weight excluding hydrogens is 348 g/mol. The lowest BCUT2D eigenvalue weighted by Gasteiger charge is -2.29. The lowest BCUT2D eigenvalue weighted by molar-refractivity contribution is 0.0942. The van der Waals surface area contributed by atoms with Crippen LogP contribution in [0.4, 0.5) is 0 Å². The standard InChI is InChI=1S/C20H27ClN4O/c1-15(14-24-11-7-4-8-12-24)13-22-20(26)18-16(2)23-25(19(18)21)17-9-5-3-6-10-17/h3,5-6,9-10,15H,4,7-8,11-14H2,1-2H3,(H,22,26)/t15-/m0/s1. The Bertz CT molecular complexity index is 738. The molecule has 6 heteroatoms. The quantitative estimate of drug-likeness (QED) is 0.838. The first-order valence-electron chi connectivity index (χ1n) is 9.37. The van der Waals surface area contributed by atoms with Gasteiger partial charge >= 0.3 is 0 Å². The van der Waals surface area contributed by atoms with Crippen molar-refractivity contribution < 1.29 is 4.79 Å². The predicted molar refractivity (Wildman–Crippen MR) is 105 cm³/mol. The zero-order valence-corrected chi connectivity index (χ0v) is 16.3. The van der Waals surface area contributed by atoms with Crippen molar-refractivity contribution in [3.8, 4) is 5.69 Å². The van der Waals surface area contributed by atoms with Crippen molar-refractivity contribution in [2.45, 2.75) is 33.1 Å². The van der Waals surface area contributed by atoms with Crippen LogP contribution in [0.3, 0.4) is 0 Å². The zero-order chi connectivity index (χ0) is 18.5. The summed E-state index contributed by atoms with van der Waals surface area (Å²) in [7, 11) is 0. The third-order valence-electron chi connectivity index (χ3n) is 4.86. The highest BCUT2D eigenvalue weighted by atomic mass is 35.5. The third-order valence-corrected chi connectivity index (χ3v) is 5.21. The molecule has 1 atom stereocenters. The molecule has 1 fully saturated rings. The zero-order valence-electron chi connectivity index (χ0n) is 15.5. The van der Waals surface area contributed by atoms with Gasteiger partial charge in [0.25, 0.3) is 5.91 Å². The molecule has 0 aliphatic carbocycles. The number of likely N-dealkylation sites (tertiary alicyclic amines) is 1. The summed E-state index contributed by atoms with van der Waals surface area (Å²) in [6.45, 7) is 8.01. The number of nitrogens with zero attached hydrogens (tertiary/aromatic N) is 3. The Morgan fingerprint density at radius 3 is 2.62 bits per heavy atom. The van der Waals surface area contributed by atoms with Crippen LogP contribution in [0.25, 0.3) is 5.69 Å². The Hall–Kier alpha value is -1.85. The van der Waals surface area contributed by atoms with E-state index in [0.717, 1.165) is 12.2 Å². The van der Waals surface area contributed by atoms with Crippen molar-refractivity contribution >= 4 is 17.5 Å². The molecule has 0 bridgehead atoms. The maximum atomic E-state index is 12.7. The summed E-state index contributed by atoms with van der Waals surface area (Å²) in [4.78, 5) is 15.2. The van der Waals surface area contributed by atoms with Crippen molar-refractivity contribution in [3.63, 3.8) is 0 Å². The highest BCUT2D eigenvalue weighted by molar-refractivity contribution is 6.33. The van der Waals surface area contributed by atoms with Crippen LogP contribution in [0.15, 0.2) is 30.3 Å². The molecule has 5 nitrogen and oxygen atoms in total. The molecule has 1 amide bonds. The van der Waals surface area contributed by atoms with Crippen LogP contribution in [0.2, 0.25) is 5.15 Å². The van der Waals surface area contributed by atoms with Gasteiger partial charge in [-0.25, -0.2) is 4.68 Å². The van der Waals surface area contributed by atoms with E-state index < -0.39 is 0 Å². The van der Waals surface area contributed by atoms with Gasteiger partial charge in [0.05, 0.1) is 16.9 Å². The number of hydrogen-bond donors (Lipinski definition) is 1. The molecule has 3 rings (SSSR count). The average Bonchev–Trinajstić information content (AvgIpc) is 2.96. The van der Waals surface area contributed by atoms with Gasteiger partial charge in [-0.2, -0.15) is 5.10 Å². The van der Waals surface area contributed by atoms with Crippen LogP contribution in [0.5, 0.6) is 0 Å². The van der Waals surface area contributed by atoms with E-state index in [4.69, 9.17) is 11.6 Å². The van der Waals surface area contributed by atoms with Crippen LogP contribution < -0.4 is 5.32 Å². The van der Waals surface area contributed by atoms with Crippen LogP contribution in [-0.2, 0) is 0 Å². The van der Waals surface area contributed by atoms with Gasteiger partial charge in [-0.3, -0.25) is 4.79 Å². The minimum atomic E-state index is -0.153. The van der Waals surface area contributed by atoms with E-state index in [1.807, 2.05) is 37.3 Å². The van der Waals surface area contributed by atoms with Gasteiger partial charge in [0.15, 0.2) is 0 Å². The van der Waals surface area contributed by atoms with Crippen molar-refractivity contribution in [3.05, 3.63) is 46.7 Å². The van der Waals surface area contributed by atoms with E-state index in [9.17, 15) is 4.79 Å². The molecule has 0 unspecified atom stereocenters. The van der Waals surface area contributed by atoms with E-state index in [-0.39, 0.29) is 5.91 Å². The predicted octanol–water partition coefficient (Wildman–Crippen LogP) is 3.69. The lowest BCUT2D eigenvalue weighted by atomic mass is 10.1. The average molecular weight is 375 g/mol. The van der Waals surface area contributed by atoms with Crippen LogP contribution >= 0.6 is 11.6 Å². The van der Waals surface area contributed by atoms with E-state index in [0.29, 0.717) is 28.9 Å². The summed E-state index contributed by atoms with van der Waals surface area (Å²) >= 11 is 6.46. The van der Waals surface area contributed by atoms with E-state index in [1.54, 1.807) is 4.68 Å². The van der Waals surface area contributed by atoms with Gasteiger partial charge in [0.2, 0.25) is 0 Å². The first-order valence-corrected chi connectivity index (χ1v) is 9.75. The number of para-hydroxylation sites is 1. The van der Waals surface area contributed by atoms with E-state index in [1.165, 1.54) is 32.4 Å². The number of piperidine rings is 1. The van der Waals surface area contributed by atoms with E-state index in [2.05, 4.69) is 22.2 Å². The molecule has 1 aliphatic rings. The van der Waals surface area contributed by atoms with Gasteiger partial charge in [-0.15, -0.1) is 0 Å². The fraction of sp³-hybridized carbons (Fsp3) is 0.500. The minimum absolute atomic E-state index is 0.153. The SMILES string of the molecule is Cc1nn(-c2ccccc2)c(Cl)c1C(=O)NC[C@H](C)CN1CCCCC1. The van der Waals surface area contributed by atoms with Gasteiger partial charge in [0, 0.05) is 13.1 Å². The first-order chi connectivity index (χ1) is 12.6. The molecule has 2 aromatic rings. The van der Waals surface area contributed by atoms with Crippen LogP contribution in [0.1, 0.15) is 42.2 Å². The second-order valence-corrected chi connectivity index (χ2v) is 7.53. The van der Waals surface area contributed by atoms with Crippen LogP contribution in [-0.4, -0.2) is 46.8 Å². The van der Waals surface area contributed by atoms with Crippen molar-refractivity contribution in [1.82, 2.24) is 20.0 Å². The number of hydrogen-bond acceptors (Lipinski definition) is 3. The summed E-state index contributed by atoms with van der Waals surface area (Å²) in [5.74, 6) is 0.250. The highest BCUT2D eigenvalue weighted by Gasteiger charge is 2.22. The second-order valence-electron chi connectivity index (χ2n) is 7.18. The van der Waals surface area contributed by atoms with Gasteiger partial charge in [-0.1, -0.05) is 43.1 Å². The fourth-order valence-electron chi connectivity index (χ4n) is 3.50. The Morgan fingerprint density at radius 2 is 1.92 bits per heavy atom. The monoisotopic (exact) mass is 374 g/mol. The topological polar surface area (TPSA) is 50.2 Å². The number of aromatic nitrogens is 2. The molecular formula is C20H27ClN4O. The summed E-state index contributed by atoms with van der Waals surface area (Å²) in [6.07, 6.45) is 3.91. The Morgan fingerprint density at radius 1 is 1.23 bits per heavy atom. The highest BCUT2D eigenvalue weighted by Crippen LogP contribution is 2.23. The van der Waals surface area contributed by atoms with E-state index >= 15 is 0 Å². The largest absolute Gasteiger partial charge is 0.352 e. The van der Waals surface area contributed by atoms with Crippen molar-refractivity contribution in [2.75, 3.05) is 26.2 Å². The number of aryl methyl sites for hydroxylation is 1. The fourth-order valence-corrected chi connectivity index (χ4v) is 3.86. The van der Waals surface area contributed by atoms with Gasteiger partial charge < -0.3 is 10.2 Å². The maximum Gasteiger partial charge on any atom is 0.256 e. The van der Waals surface area contributed by atoms with Gasteiger partial charge in [0.1, 0.15) is 5.15 Å². The Kier molecular flexibility index (Phi) is 6.33. The summed E-state index contributed by atoms with van der Waals surface area (Å²) < 4.78 is 1.61. The molecule has 1 N–H and O–H groups in total.